The largest absolute Gasteiger partial charge is 0.464 e. The number of aromatic nitrogens is 2. The molecule has 4 nitrogen and oxygen atoms in total. The highest BCUT2D eigenvalue weighted by atomic mass is 16.5. The molecule has 0 radical (unpaired) electrons. The molecule has 0 amide bonds. The summed E-state index contributed by atoms with van der Waals surface area (Å²) in [6.45, 7) is 4.25. The topological polar surface area (TPSA) is 43.6 Å². The first-order valence-corrected chi connectivity index (χ1v) is 5.67. The van der Waals surface area contributed by atoms with Crippen LogP contribution in [0.5, 0.6) is 0 Å². The van der Waals surface area contributed by atoms with Gasteiger partial charge in [-0.2, -0.15) is 0 Å². The zero-order valence-electron chi connectivity index (χ0n) is 10.3. The molecule has 17 heavy (non-hydrogen) atoms. The summed E-state index contributed by atoms with van der Waals surface area (Å²) in [6, 6.07) is 5.52. The van der Waals surface area contributed by atoms with E-state index in [0.717, 1.165) is 17.8 Å². The Balaban J connectivity index is 2.59. The molecule has 0 aliphatic rings. The van der Waals surface area contributed by atoms with E-state index in [4.69, 9.17) is 4.74 Å². The standard InChI is InChI=1S/C13H16N2O2/c1-9(2)7-12-14-8-10-5-4-6-11(15(10)12)13(16)17-3/h4-6,8-9H,7H2,1-3H3. The van der Waals surface area contributed by atoms with Crippen LogP contribution in [-0.4, -0.2) is 22.5 Å². The molecular weight excluding hydrogens is 216 g/mol. The number of carbonyl (C=O) groups is 1. The van der Waals surface area contributed by atoms with E-state index in [1.54, 1.807) is 12.3 Å². The predicted octanol–water partition coefficient (Wildman–Crippen LogP) is 2.32. The van der Waals surface area contributed by atoms with Crippen LogP contribution >= 0.6 is 0 Å². The van der Waals surface area contributed by atoms with Crippen molar-refractivity contribution in [3.63, 3.8) is 0 Å². The molecule has 90 valence electrons. The number of methoxy groups -OCH3 is 1. The van der Waals surface area contributed by atoms with E-state index in [1.807, 2.05) is 16.5 Å². The van der Waals surface area contributed by atoms with Gasteiger partial charge in [0.2, 0.25) is 0 Å². The molecule has 0 unspecified atom stereocenters. The summed E-state index contributed by atoms with van der Waals surface area (Å²) in [5.74, 6) is 1.06. The lowest BCUT2D eigenvalue weighted by Gasteiger charge is -2.08. The highest BCUT2D eigenvalue weighted by molar-refractivity contribution is 5.88. The fourth-order valence-electron chi connectivity index (χ4n) is 1.89. The van der Waals surface area contributed by atoms with Gasteiger partial charge < -0.3 is 4.74 Å². The maximum Gasteiger partial charge on any atom is 0.355 e. The number of esters is 1. The minimum absolute atomic E-state index is 0.335. The molecule has 2 rings (SSSR count). The van der Waals surface area contributed by atoms with Crippen LogP contribution in [0.2, 0.25) is 0 Å². The van der Waals surface area contributed by atoms with E-state index >= 15 is 0 Å². The third kappa shape index (κ3) is 2.16. The van der Waals surface area contributed by atoms with Crippen molar-refractivity contribution in [3.05, 3.63) is 35.9 Å². The van der Waals surface area contributed by atoms with E-state index in [9.17, 15) is 4.79 Å². The molecule has 0 N–H and O–H groups in total. The normalized spacial score (nSPS) is 11.1. The molecule has 0 aliphatic heterocycles. The summed E-state index contributed by atoms with van der Waals surface area (Å²) in [6.07, 6.45) is 2.62. The van der Waals surface area contributed by atoms with Gasteiger partial charge in [0.1, 0.15) is 11.5 Å². The number of fused-ring (bicyclic) bond motifs is 1. The first kappa shape index (κ1) is 11.6. The Labute approximate surface area is 100 Å². The molecule has 0 aromatic carbocycles. The maximum atomic E-state index is 11.7. The quantitative estimate of drug-likeness (QED) is 0.763. The van der Waals surface area contributed by atoms with Gasteiger partial charge >= 0.3 is 5.97 Å². The predicted molar refractivity (Wildman–Crippen MR) is 65.1 cm³/mol. The Morgan fingerprint density at radius 3 is 2.88 bits per heavy atom. The zero-order chi connectivity index (χ0) is 12.4. The molecular formula is C13H16N2O2. The minimum atomic E-state index is -0.335. The summed E-state index contributed by atoms with van der Waals surface area (Å²) in [4.78, 5) is 16.1. The Morgan fingerprint density at radius 2 is 2.24 bits per heavy atom. The van der Waals surface area contributed by atoms with E-state index in [0.29, 0.717) is 11.6 Å². The van der Waals surface area contributed by atoms with Crippen LogP contribution in [0.4, 0.5) is 0 Å². The Morgan fingerprint density at radius 1 is 1.47 bits per heavy atom. The number of imidazole rings is 1. The van der Waals surface area contributed by atoms with Gasteiger partial charge in [0.15, 0.2) is 0 Å². The van der Waals surface area contributed by atoms with E-state index in [1.165, 1.54) is 7.11 Å². The highest BCUT2D eigenvalue weighted by Crippen LogP contribution is 2.14. The van der Waals surface area contributed by atoms with Crippen molar-refractivity contribution in [2.24, 2.45) is 5.92 Å². The fraction of sp³-hybridized carbons (Fsp3) is 0.385. The van der Waals surface area contributed by atoms with Crippen molar-refractivity contribution in [2.75, 3.05) is 7.11 Å². The third-order valence-electron chi connectivity index (χ3n) is 2.61. The number of hydrogen-bond acceptors (Lipinski definition) is 3. The molecule has 0 saturated carbocycles. The Bertz CT molecular complexity index is 543. The van der Waals surface area contributed by atoms with Crippen molar-refractivity contribution in [1.82, 2.24) is 9.38 Å². The number of hydrogen-bond donors (Lipinski definition) is 0. The van der Waals surface area contributed by atoms with Gasteiger partial charge in [0, 0.05) is 6.42 Å². The molecule has 0 fully saturated rings. The lowest BCUT2D eigenvalue weighted by Crippen LogP contribution is -2.11. The van der Waals surface area contributed by atoms with Gasteiger partial charge in [-0.1, -0.05) is 19.9 Å². The number of carbonyl (C=O) groups excluding carboxylic acids is 1. The first-order chi connectivity index (χ1) is 8.13. The second-order valence-corrected chi connectivity index (χ2v) is 4.44. The lowest BCUT2D eigenvalue weighted by atomic mass is 10.1. The summed E-state index contributed by atoms with van der Waals surface area (Å²) in [5.41, 5.74) is 1.45. The average molecular weight is 232 g/mol. The number of ether oxygens (including phenoxy) is 1. The van der Waals surface area contributed by atoms with Crippen LogP contribution < -0.4 is 0 Å². The van der Waals surface area contributed by atoms with Crippen molar-refractivity contribution < 1.29 is 9.53 Å². The molecule has 0 spiro atoms. The fourth-order valence-corrected chi connectivity index (χ4v) is 1.89. The molecule has 2 aromatic rings. The average Bonchev–Trinajstić information content (AvgIpc) is 2.71. The van der Waals surface area contributed by atoms with E-state index in [2.05, 4.69) is 18.8 Å². The van der Waals surface area contributed by atoms with E-state index in [-0.39, 0.29) is 5.97 Å². The highest BCUT2D eigenvalue weighted by Gasteiger charge is 2.14. The SMILES string of the molecule is COC(=O)c1cccc2cnc(CC(C)C)n12. The molecule has 0 aliphatic carbocycles. The van der Waals surface area contributed by atoms with Crippen LogP contribution in [0.3, 0.4) is 0 Å². The van der Waals surface area contributed by atoms with Gasteiger partial charge in [-0.05, 0) is 18.1 Å². The smallest absolute Gasteiger partial charge is 0.355 e. The third-order valence-corrected chi connectivity index (χ3v) is 2.61. The summed E-state index contributed by atoms with van der Waals surface area (Å²) in [7, 11) is 1.39. The Hall–Kier alpha value is -1.84. The summed E-state index contributed by atoms with van der Waals surface area (Å²) < 4.78 is 6.65. The van der Waals surface area contributed by atoms with Crippen LogP contribution in [0.1, 0.15) is 30.2 Å². The molecule has 2 aromatic heterocycles. The first-order valence-electron chi connectivity index (χ1n) is 5.67. The van der Waals surface area contributed by atoms with Crippen molar-refractivity contribution in [3.8, 4) is 0 Å². The lowest BCUT2D eigenvalue weighted by molar-refractivity contribution is 0.0592. The molecule has 0 bridgehead atoms. The summed E-state index contributed by atoms with van der Waals surface area (Å²) >= 11 is 0. The van der Waals surface area contributed by atoms with Crippen LogP contribution in [0, 0.1) is 5.92 Å². The molecule has 2 heterocycles. The zero-order valence-corrected chi connectivity index (χ0v) is 10.3. The van der Waals surface area contributed by atoms with E-state index < -0.39 is 0 Å². The molecule has 0 saturated heterocycles. The maximum absolute atomic E-state index is 11.7. The second kappa shape index (κ2) is 4.57. The minimum Gasteiger partial charge on any atom is -0.464 e. The summed E-state index contributed by atoms with van der Waals surface area (Å²) in [5, 5.41) is 0. The van der Waals surface area contributed by atoms with Crippen molar-refractivity contribution >= 4 is 11.5 Å². The second-order valence-electron chi connectivity index (χ2n) is 4.44. The van der Waals surface area contributed by atoms with Gasteiger partial charge in [-0.25, -0.2) is 9.78 Å². The van der Waals surface area contributed by atoms with Gasteiger partial charge in [-0.15, -0.1) is 0 Å². The van der Waals surface area contributed by atoms with Gasteiger partial charge in [-0.3, -0.25) is 4.40 Å². The van der Waals surface area contributed by atoms with Crippen LogP contribution in [0.15, 0.2) is 24.4 Å². The monoisotopic (exact) mass is 232 g/mol. The molecule has 4 heteroatoms. The van der Waals surface area contributed by atoms with Gasteiger partial charge in [0.05, 0.1) is 18.8 Å². The number of nitrogens with zero attached hydrogens (tertiary/aromatic N) is 2. The van der Waals surface area contributed by atoms with Crippen molar-refractivity contribution in [2.45, 2.75) is 20.3 Å². The van der Waals surface area contributed by atoms with Crippen LogP contribution in [0.25, 0.3) is 5.52 Å². The number of rotatable bonds is 3. The van der Waals surface area contributed by atoms with Gasteiger partial charge in [0.25, 0.3) is 0 Å². The van der Waals surface area contributed by atoms with Crippen LogP contribution in [-0.2, 0) is 11.2 Å². The molecule has 0 atom stereocenters. The Kier molecular flexibility index (Phi) is 3.13. The van der Waals surface area contributed by atoms with Crippen molar-refractivity contribution in [1.29, 1.82) is 0 Å². The number of pyridine rings is 1.